The monoisotopic (exact) mass is 411 g/mol. The summed E-state index contributed by atoms with van der Waals surface area (Å²) in [6.07, 6.45) is 6.14. The minimum Gasteiger partial charge on any atom is -0.494 e. The number of ether oxygens (including phenoxy) is 1. The van der Waals surface area contributed by atoms with Gasteiger partial charge in [-0.15, -0.1) is 12.4 Å². The third-order valence-electron chi connectivity index (χ3n) is 4.14. The van der Waals surface area contributed by atoms with Crippen LogP contribution in [-0.4, -0.2) is 25.1 Å². The van der Waals surface area contributed by atoms with Crippen LogP contribution in [0.15, 0.2) is 66.7 Å². The Hall–Kier alpha value is -2.21. The van der Waals surface area contributed by atoms with E-state index in [1.807, 2.05) is 12.1 Å². The fourth-order valence-corrected chi connectivity index (χ4v) is 2.77. The number of hydrogen-bond acceptors (Lipinski definition) is 2. The molecule has 0 aliphatic heterocycles. The lowest BCUT2D eigenvalue weighted by Gasteiger charge is -2.15. The molecule has 0 aliphatic carbocycles. The predicted octanol–water partition coefficient (Wildman–Crippen LogP) is 6.16. The molecule has 2 nitrogen and oxygen atoms in total. The van der Waals surface area contributed by atoms with Gasteiger partial charge in [0.25, 0.3) is 0 Å². The molecule has 0 N–H and O–H groups in total. The Morgan fingerprint density at radius 3 is 2.45 bits per heavy atom. The summed E-state index contributed by atoms with van der Waals surface area (Å²) in [5, 5.41) is 0. The summed E-state index contributed by atoms with van der Waals surface area (Å²) in [4.78, 5) is 2.27. The number of aryl methyl sites for hydroxylation is 1. The van der Waals surface area contributed by atoms with Crippen LogP contribution in [0.1, 0.15) is 38.3 Å². The van der Waals surface area contributed by atoms with Crippen molar-refractivity contribution in [1.82, 2.24) is 4.90 Å². The lowest BCUT2D eigenvalue weighted by atomic mass is 9.98. The van der Waals surface area contributed by atoms with Gasteiger partial charge in [0.05, 0.1) is 6.61 Å². The van der Waals surface area contributed by atoms with Crippen molar-refractivity contribution >= 4 is 12.4 Å². The molecule has 0 unspecified atom stereocenters. The van der Waals surface area contributed by atoms with E-state index in [2.05, 4.69) is 99.2 Å². The first-order valence-electron chi connectivity index (χ1n) is 10.0. The Bertz CT molecular complexity index is 797. The molecular formula is C26H34ClNO. The van der Waals surface area contributed by atoms with Gasteiger partial charge in [0, 0.05) is 18.5 Å². The van der Waals surface area contributed by atoms with E-state index in [0.29, 0.717) is 0 Å². The molecule has 2 aromatic carbocycles. The second-order valence-corrected chi connectivity index (χ2v) is 8.20. The molecular weight excluding hydrogens is 378 g/mol. The Balaban J connectivity index is 0.00000420. The number of benzene rings is 2. The molecule has 0 heterocycles. The molecule has 0 aliphatic rings. The Morgan fingerprint density at radius 2 is 1.72 bits per heavy atom. The van der Waals surface area contributed by atoms with Crippen LogP contribution in [-0.2, 0) is 13.0 Å². The van der Waals surface area contributed by atoms with Crippen LogP contribution < -0.4 is 4.74 Å². The molecule has 2 rings (SSSR count). The zero-order chi connectivity index (χ0) is 20.2. The maximum atomic E-state index is 5.94. The molecule has 0 radical (unpaired) electrons. The van der Waals surface area contributed by atoms with Crippen LogP contribution in [0.25, 0.3) is 0 Å². The highest BCUT2D eigenvalue weighted by molar-refractivity contribution is 5.85. The second-order valence-electron chi connectivity index (χ2n) is 8.20. The van der Waals surface area contributed by atoms with Crippen LogP contribution in [0.2, 0.25) is 0 Å². The summed E-state index contributed by atoms with van der Waals surface area (Å²) >= 11 is 0. The first-order valence-corrected chi connectivity index (χ1v) is 10.0. The molecule has 0 fully saturated rings. The zero-order valence-corrected chi connectivity index (χ0v) is 19.0. The SMILES string of the molecule is CN(C/C=C/C#CC(C)(C)C)Cc1cccc(OCCCc2ccccc2)c1.Cl. The van der Waals surface area contributed by atoms with Crippen molar-refractivity contribution < 1.29 is 4.74 Å². The van der Waals surface area contributed by atoms with Crippen molar-refractivity contribution in [2.75, 3.05) is 20.2 Å². The maximum absolute atomic E-state index is 5.94. The van der Waals surface area contributed by atoms with Gasteiger partial charge in [-0.1, -0.05) is 60.4 Å². The topological polar surface area (TPSA) is 12.5 Å². The van der Waals surface area contributed by atoms with Crippen LogP contribution >= 0.6 is 12.4 Å². The van der Waals surface area contributed by atoms with E-state index < -0.39 is 0 Å². The van der Waals surface area contributed by atoms with Crippen molar-refractivity contribution in [1.29, 1.82) is 0 Å². The molecule has 0 atom stereocenters. The quantitative estimate of drug-likeness (QED) is 0.362. The number of halogens is 1. The fraction of sp³-hybridized carbons (Fsp3) is 0.385. The molecule has 29 heavy (non-hydrogen) atoms. The summed E-state index contributed by atoms with van der Waals surface area (Å²) in [5.74, 6) is 7.28. The molecule has 0 spiro atoms. The van der Waals surface area contributed by atoms with Crippen LogP contribution in [0.4, 0.5) is 0 Å². The van der Waals surface area contributed by atoms with Gasteiger partial charge in [0.1, 0.15) is 5.75 Å². The number of allylic oxidation sites excluding steroid dienone is 1. The second kappa shape index (κ2) is 13.1. The van der Waals surface area contributed by atoms with E-state index in [9.17, 15) is 0 Å². The van der Waals surface area contributed by atoms with E-state index in [-0.39, 0.29) is 17.8 Å². The lowest BCUT2D eigenvalue weighted by Crippen LogP contribution is -2.17. The van der Waals surface area contributed by atoms with Gasteiger partial charge in [0.2, 0.25) is 0 Å². The largest absolute Gasteiger partial charge is 0.494 e. The van der Waals surface area contributed by atoms with Crippen LogP contribution in [0.5, 0.6) is 5.75 Å². The molecule has 2 aromatic rings. The maximum Gasteiger partial charge on any atom is 0.119 e. The highest BCUT2D eigenvalue weighted by atomic mass is 35.5. The van der Waals surface area contributed by atoms with Gasteiger partial charge < -0.3 is 4.74 Å². The van der Waals surface area contributed by atoms with Gasteiger partial charge in [-0.2, -0.15) is 0 Å². The highest BCUT2D eigenvalue weighted by Gasteiger charge is 2.03. The first kappa shape index (κ1) is 24.8. The number of hydrogen-bond donors (Lipinski definition) is 0. The highest BCUT2D eigenvalue weighted by Crippen LogP contribution is 2.15. The van der Waals surface area contributed by atoms with Gasteiger partial charge >= 0.3 is 0 Å². The van der Waals surface area contributed by atoms with E-state index in [1.54, 1.807) is 0 Å². The minimum absolute atomic E-state index is 0. The van der Waals surface area contributed by atoms with Gasteiger partial charge in [-0.05, 0) is 70.0 Å². The van der Waals surface area contributed by atoms with E-state index >= 15 is 0 Å². The van der Waals surface area contributed by atoms with Crippen molar-refractivity contribution in [3.8, 4) is 17.6 Å². The summed E-state index contributed by atoms with van der Waals surface area (Å²) in [6.45, 7) is 8.87. The number of nitrogens with zero attached hydrogens (tertiary/aromatic N) is 1. The standard InChI is InChI=1S/C26H33NO.ClH/c1-26(2,3)18-9-6-10-19-27(4)22-24-15-11-17-25(21-24)28-20-12-16-23-13-7-5-8-14-23;/h5-8,10-11,13-15,17,21H,12,16,19-20,22H2,1-4H3;1H/b10-6+;. The van der Waals surface area contributed by atoms with Crippen LogP contribution in [0, 0.1) is 17.3 Å². The van der Waals surface area contributed by atoms with Gasteiger partial charge in [0.15, 0.2) is 0 Å². The van der Waals surface area contributed by atoms with Crippen molar-refractivity contribution in [3.63, 3.8) is 0 Å². The molecule has 3 heteroatoms. The fourth-order valence-electron chi connectivity index (χ4n) is 2.77. The Kier molecular flexibility index (Phi) is 11.2. The normalized spacial score (nSPS) is 11.1. The average Bonchev–Trinajstić information content (AvgIpc) is 2.65. The zero-order valence-electron chi connectivity index (χ0n) is 18.2. The van der Waals surface area contributed by atoms with E-state index in [0.717, 1.165) is 38.3 Å². The molecule has 156 valence electrons. The predicted molar refractivity (Wildman–Crippen MR) is 127 cm³/mol. The first-order chi connectivity index (χ1) is 13.4. The summed E-state index contributed by atoms with van der Waals surface area (Å²) in [6, 6.07) is 19.0. The average molecular weight is 412 g/mol. The number of rotatable bonds is 9. The van der Waals surface area contributed by atoms with E-state index in [4.69, 9.17) is 4.74 Å². The smallest absolute Gasteiger partial charge is 0.119 e. The molecule has 0 bridgehead atoms. The third kappa shape index (κ3) is 11.4. The van der Waals surface area contributed by atoms with E-state index in [1.165, 1.54) is 11.1 Å². The molecule has 0 saturated carbocycles. The molecule has 0 amide bonds. The summed E-state index contributed by atoms with van der Waals surface area (Å²) in [7, 11) is 2.12. The van der Waals surface area contributed by atoms with Crippen molar-refractivity contribution in [2.24, 2.45) is 5.41 Å². The molecule has 0 aromatic heterocycles. The van der Waals surface area contributed by atoms with Crippen LogP contribution in [0.3, 0.4) is 0 Å². The molecule has 0 saturated heterocycles. The number of likely N-dealkylation sites (N-methyl/N-ethyl adjacent to an activating group) is 1. The summed E-state index contributed by atoms with van der Waals surface area (Å²) in [5.41, 5.74) is 2.68. The lowest BCUT2D eigenvalue weighted by molar-refractivity contribution is 0.309. The minimum atomic E-state index is 0. The summed E-state index contributed by atoms with van der Waals surface area (Å²) < 4.78 is 5.94. The van der Waals surface area contributed by atoms with Gasteiger partial charge in [-0.3, -0.25) is 4.90 Å². The Labute approximate surface area is 183 Å². The third-order valence-corrected chi connectivity index (χ3v) is 4.14. The van der Waals surface area contributed by atoms with Gasteiger partial charge in [-0.25, -0.2) is 0 Å². The Morgan fingerprint density at radius 1 is 1.00 bits per heavy atom. The van der Waals surface area contributed by atoms with Crippen molar-refractivity contribution in [2.45, 2.75) is 40.2 Å². The van der Waals surface area contributed by atoms with Crippen molar-refractivity contribution in [3.05, 3.63) is 77.9 Å².